The van der Waals surface area contributed by atoms with Gasteiger partial charge in [0.2, 0.25) is 5.91 Å². The minimum Gasteiger partial charge on any atom is -0.371 e. The van der Waals surface area contributed by atoms with Crippen molar-refractivity contribution < 1.29 is 9.59 Å². The van der Waals surface area contributed by atoms with E-state index in [4.69, 9.17) is 0 Å². The molecule has 2 aromatic carbocycles. The molecular weight excluding hydrogens is 338 g/mol. The van der Waals surface area contributed by atoms with Gasteiger partial charge in [-0.1, -0.05) is 37.6 Å². The van der Waals surface area contributed by atoms with Gasteiger partial charge in [-0.3, -0.25) is 9.59 Å². The lowest BCUT2D eigenvalue weighted by Gasteiger charge is -2.20. The zero-order valence-corrected chi connectivity index (χ0v) is 15.8. The Morgan fingerprint density at radius 3 is 2.48 bits per heavy atom. The summed E-state index contributed by atoms with van der Waals surface area (Å²) in [5, 5.41) is 5.83. The number of hydrogen-bond acceptors (Lipinski definition) is 3. The molecule has 2 amide bonds. The molecule has 0 radical (unpaired) electrons. The molecular formula is C22H27N3O2. The second kappa shape index (κ2) is 9.21. The van der Waals surface area contributed by atoms with Crippen molar-refractivity contribution in [3.63, 3.8) is 0 Å². The summed E-state index contributed by atoms with van der Waals surface area (Å²) in [6.07, 6.45) is 3.82. The van der Waals surface area contributed by atoms with Crippen molar-refractivity contribution in [2.24, 2.45) is 0 Å². The zero-order chi connectivity index (χ0) is 19.1. The molecule has 142 valence electrons. The van der Waals surface area contributed by atoms with E-state index in [1.807, 2.05) is 43.3 Å². The van der Waals surface area contributed by atoms with Crippen LogP contribution in [0.15, 0.2) is 54.6 Å². The van der Waals surface area contributed by atoms with Gasteiger partial charge in [0.15, 0.2) is 0 Å². The van der Waals surface area contributed by atoms with Gasteiger partial charge in [-0.15, -0.1) is 0 Å². The number of amides is 2. The molecule has 27 heavy (non-hydrogen) atoms. The summed E-state index contributed by atoms with van der Waals surface area (Å²) in [4.78, 5) is 27.5. The second-order valence-electron chi connectivity index (χ2n) is 6.91. The maximum Gasteiger partial charge on any atom is 0.251 e. The average molecular weight is 365 g/mol. The predicted octanol–water partition coefficient (Wildman–Crippen LogP) is 3.82. The minimum absolute atomic E-state index is 0.181. The highest BCUT2D eigenvalue weighted by Crippen LogP contribution is 2.23. The molecule has 2 N–H and O–H groups in total. The van der Waals surface area contributed by atoms with E-state index in [9.17, 15) is 9.59 Å². The molecule has 1 saturated heterocycles. The van der Waals surface area contributed by atoms with Gasteiger partial charge in [0, 0.05) is 30.0 Å². The fraction of sp³-hybridized carbons (Fsp3) is 0.364. The van der Waals surface area contributed by atoms with Crippen molar-refractivity contribution in [1.82, 2.24) is 5.32 Å². The number of carbonyl (C=O) groups is 2. The van der Waals surface area contributed by atoms with Crippen molar-refractivity contribution in [3.05, 3.63) is 60.2 Å². The standard InChI is InChI=1S/C22H27N3O2/c1-2-9-20(24-21(26)17-10-4-3-5-11-17)22(27)23-18-12-8-13-19(16-18)25-14-6-7-15-25/h3-5,8,10-13,16,20H,2,6-7,9,14-15H2,1H3,(H,23,27)(H,24,26). The Balaban J connectivity index is 1.66. The van der Waals surface area contributed by atoms with Gasteiger partial charge in [0.25, 0.3) is 5.91 Å². The van der Waals surface area contributed by atoms with Gasteiger partial charge < -0.3 is 15.5 Å². The first-order valence-electron chi connectivity index (χ1n) is 9.69. The molecule has 0 saturated carbocycles. The molecule has 0 aliphatic carbocycles. The van der Waals surface area contributed by atoms with E-state index >= 15 is 0 Å². The lowest BCUT2D eigenvalue weighted by atomic mass is 10.1. The maximum absolute atomic E-state index is 12.8. The lowest BCUT2D eigenvalue weighted by Crippen LogP contribution is -2.43. The largest absolute Gasteiger partial charge is 0.371 e. The Bertz CT molecular complexity index is 770. The monoisotopic (exact) mass is 365 g/mol. The maximum atomic E-state index is 12.8. The van der Waals surface area contributed by atoms with Gasteiger partial charge in [-0.05, 0) is 49.6 Å². The summed E-state index contributed by atoms with van der Waals surface area (Å²) in [6.45, 7) is 4.12. The number of nitrogens with one attached hydrogen (secondary N) is 2. The molecule has 5 nitrogen and oxygen atoms in total. The highest BCUT2D eigenvalue weighted by Gasteiger charge is 2.21. The zero-order valence-electron chi connectivity index (χ0n) is 15.8. The predicted molar refractivity (Wildman–Crippen MR) is 109 cm³/mol. The van der Waals surface area contributed by atoms with Crippen LogP contribution in [0.3, 0.4) is 0 Å². The van der Waals surface area contributed by atoms with Crippen molar-refractivity contribution in [1.29, 1.82) is 0 Å². The van der Waals surface area contributed by atoms with Crippen molar-refractivity contribution in [2.45, 2.75) is 38.6 Å². The van der Waals surface area contributed by atoms with Crippen LogP contribution in [0.5, 0.6) is 0 Å². The Morgan fingerprint density at radius 1 is 1.04 bits per heavy atom. The summed E-state index contributed by atoms with van der Waals surface area (Å²) < 4.78 is 0. The first-order valence-corrected chi connectivity index (χ1v) is 9.69. The topological polar surface area (TPSA) is 61.4 Å². The number of anilines is 2. The molecule has 2 aromatic rings. The van der Waals surface area contributed by atoms with Crippen LogP contribution in [0.1, 0.15) is 43.0 Å². The van der Waals surface area contributed by atoms with Crippen LogP contribution < -0.4 is 15.5 Å². The number of hydrogen-bond donors (Lipinski definition) is 2. The van der Waals surface area contributed by atoms with Crippen molar-refractivity contribution in [3.8, 4) is 0 Å². The summed E-state index contributed by atoms with van der Waals surface area (Å²) in [7, 11) is 0. The third-order valence-electron chi connectivity index (χ3n) is 4.82. The van der Waals surface area contributed by atoms with E-state index in [1.54, 1.807) is 12.1 Å². The Hall–Kier alpha value is -2.82. The Morgan fingerprint density at radius 2 is 1.78 bits per heavy atom. The van der Waals surface area contributed by atoms with E-state index < -0.39 is 6.04 Å². The van der Waals surface area contributed by atoms with Crippen molar-refractivity contribution in [2.75, 3.05) is 23.3 Å². The molecule has 0 aromatic heterocycles. The van der Waals surface area contributed by atoms with Gasteiger partial charge >= 0.3 is 0 Å². The third-order valence-corrected chi connectivity index (χ3v) is 4.82. The fourth-order valence-corrected chi connectivity index (χ4v) is 3.37. The van der Waals surface area contributed by atoms with Gasteiger partial charge in [0.05, 0.1) is 0 Å². The number of benzene rings is 2. The number of carbonyl (C=O) groups excluding carboxylic acids is 2. The van der Waals surface area contributed by atoms with E-state index in [0.29, 0.717) is 12.0 Å². The summed E-state index contributed by atoms with van der Waals surface area (Å²) in [5.74, 6) is -0.408. The quantitative estimate of drug-likeness (QED) is 0.784. The summed E-state index contributed by atoms with van der Waals surface area (Å²) in [6, 6.07) is 16.3. The van der Waals surface area contributed by atoms with E-state index in [2.05, 4.69) is 21.6 Å². The van der Waals surface area contributed by atoms with E-state index in [-0.39, 0.29) is 11.8 Å². The van der Waals surface area contributed by atoms with E-state index in [1.165, 1.54) is 12.8 Å². The van der Waals surface area contributed by atoms with E-state index in [0.717, 1.165) is 30.9 Å². The third kappa shape index (κ3) is 5.09. The SMILES string of the molecule is CCCC(NC(=O)c1ccccc1)C(=O)Nc1cccc(N2CCCC2)c1. The first-order chi connectivity index (χ1) is 13.2. The number of rotatable bonds is 7. The second-order valence-corrected chi connectivity index (χ2v) is 6.91. The molecule has 5 heteroatoms. The van der Waals surface area contributed by atoms with Gasteiger partial charge in [0.1, 0.15) is 6.04 Å². The van der Waals surface area contributed by atoms with Crippen LogP contribution in [-0.2, 0) is 4.79 Å². The highest BCUT2D eigenvalue weighted by atomic mass is 16.2. The van der Waals surface area contributed by atoms with Crippen LogP contribution in [0, 0.1) is 0 Å². The molecule has 1 atom stereocenters. The molecule has 1 heterocycles. The van der Waals surface area contributed by atoms with Crippen molar-refractivity contribution >= 4 is 23.2 Å². The Kier molecular flexibility index (Phi) is 6.47. The molecule has 3 rings (SSSR count). The normalized spacial score (nSPS) is 14.6. The molecule has 1 aliphatic heterocycles. The molecule has 1 fully saturated rings. The summed E-state index contributed by atoms with van der Waals surface area (Å²) >= 11 is 0. The smallest absolute Gasteiger partial charge is 0.251 e. The lowest BCUT2D eigenvalue weighted by molar-refractivity contribution is -0.118. The molecule has 0 spiro atoms. The van der Waals surface area contributed by atoms with Crippen LogP contribution in [-0.4, -0.2) is 30.9 Å². The summed E-state index contributed by atoms with van der Waals surface area (Å²) in [5.41, 5.74) is 2.45. The minimum atomic E-state index is -0.557. The van der Waals surface area contributed by atoms with Gasteiger partial charge in [-0.2, -0.15) is 0 Å². The molecule has 1 unspecified atom stereocenters. The van der Waals surface area contributed by atoms with Crippen LogP contribution in [0.25, 0.3) is 0 Å². The first kappa shape index (κ1) is 19.0. The number of nitrogens with zero attached hydrogens (tertiary/aromatic N) is 1. The highest BCUT2D eigenvalue weighted by molar-refractivity contribution is 6.01. The fourth-order valence-electron chi connectivity index (χ4n) is 3.37. The Labute approximate surface area is 160 Å². The van der Waals surface area contributed by atoms with Crippen LogP contribution in [0.2, 0.25) is 0 Å². The molecule has 0 bridgehead atoms. The van der Waals surface area contributed by atoms with Crippen LogP contribution in [0.4, 0.5) is 11.4 Å². The average Bonchev–Trinajstić information content (AvgIpc) is 3.23. The molecule has 1 aliphatic rings. The van der Waals surface area contributed by atoms with Gasteiger partial charge in [-0.25, -0.2) is 0 Å². The van der Waals surface area contributed by atoms with Crippen LogP contribution >= 0.6 is 0 Å².